The van der Waals surface area contributed by atoms with Gasteiger partial charge in [-0.3, -0.25) is 4.79 Å². The van der Waals surface area contributed by atoms with Gasteiger partial charge in [-0.05, 0) is 45.0 Å². The molecular formula is C15H21FN2O2. The van der Waals surface area contributed by atoms with Crippen molar-refractivity contribution in [2.75, 3.05) is 13.1 Å². The van der Waals surface area contributed by atoms with Crippen molar-refractivity contribution in [3.05, 3.63) is 41.7 Å². The van der Waals surface area contributed by atoms with Gasteiger partial charge >= 0.3 is 0 Å². The van der Waals surface area contributed by atoms with E-state index in [4.69, 9.17) is 11.8 Å². The molecule has 3 N–H and O–H groups in total. The van der Waals surface area contributed by atoms with E-state index in [2.05, 4.69) is 5.32 Å². The Balaban J connectivity index is 2.72. The summed E-state index contributed by atoms with van der Waals surface area (Å²) in [6, 6.07) is 6.30. The van der Waals surface area contributed by atoms with Crippen LogP contribution in [0.1, 0.15) is 32.5 Å². The average Bonchev–Trinajstić information content (AvgIpc) is 2.39. The summed E-state index contributed by atoms with van der Waals surface area (Å²) in [6.45, 7) is 4.39. The molecule has 0 aromatic heterocycles. The third-order valence-electron chi connectivity index (χ3n) is 2.33. The van der Waals surface area contributed by atoms with Crippen molar-refractivity contribution >= 4 is 5.91 Å². The highest BCUT2D eigenvalue weighted by atomic mass is 19.1. The molecule has 1 aromatic rings. The zero-order valence-electron chi connectivity index (χ0n) is 12.9. The zero-order chi connectivity index (χ0) is 16.0. The first kappa shape index (κ1) is 14.5. The molecule has 20 heavy (non-hydrogen) atoms. The predicted octanol–water partition coefficient (Wildman–Crippen LogP) is 2.41. The van der Waals surface area contributed by atoms with Gasteiger partial charge in [-0.2, -0.15) is 0 Å². The van der Waals surface area contributed by atoms with Crippen LogP contribution in [0.3, 0.4) is 0 Å². The Morgan fingerprint density at radius 2 is 2.05 bits per heavy atom. The van der Waals surface area contributed by atoms with Gasteiger partial charge in [0.2, 0.25) is 0 Å². The molecule has 0 saturated carbocycles. The lowest BCUT2D eigenvalue weighted by Gasteiger charge is -2.20. The molecule has 110 valence electrons. The molecule has 0 spiro atoms. The van der Waals surface area contributed by atoms with Gasteiger partial charge in [0.1, 0.15) is 12.3 Å². The van der Waals surface area contributed by atoms with Gasteiger partial charge in [0.15, 0.2) is 0 Å². The minimum Gasteiger partial charge on any atom is -0.489 e. The maximum absolute atomic E-state index is 12.4. The summed E-state index contributed by atoms with van der Waals surface area (Å²) < 4.78 is 25.3. The van der Waals surface area contributed by atoms with E-state index in [9.17, 15) is 9.18 Å². The molecule has 1 atom stereocenters. The maximum atomic E-state index is 12.4. The molecule has 0 saturated heterocycles. The minimum atomic E-state index is -1.20. The van der Waals surface area contributed by atoms with E-state index < -0.39 is 6.58 Å². The molecule has 0 aliphatic heterocycles. The Morgan fingerprint density at radius 1 is 1.45 bits per heavy atom. The number of nitrogens with one attached hydrogen (secondary N) is 1. The van der Waals surface area contributed by atoms with Crippen LogP contribution in [0, 0.1) is 0 Å². The van der Waals surface area contributed by atoms with Crippen LogP contribution >= 0.6 is 0 Å². The molecule has 0 bridgehead atoms. The molecule has 5 heteroatoms. The number of benzene rings is 1. The molecule has 1 unspecified atom stereocenters. The highest BCUT2D eigenvalue weighted by Gasteiger charge is 2.15. The maximum Gasteiger partial charge on any atom is 0.251 e. The Bertz CT molecular complexity index is 509. The van der Waals surface area contributed by atoms with Crippen molar-refractivity contribution < 1.29 is 15.3 Å². The summed E-state index contributed by atoms with van der Waals surface area (Å²) in [6.07, 6.45) is 0.281. The fraction of sp³-hybridized carbons (Fsp3) is 0.400. The van der Waals surface area contributed by atoms with Gasteiger partial charge in [-0.25, -0.2) is 4.39 Å². The van der Waals surface area contributed by atoms with Gasteiger partial charge in [0, 0.05) is 23.2 Å². The van der Waals surface area contributed by atoms with Crippen LogP contribution in [0.4, 0.5) is 4.39 Å². The van der Waals surface area contributed by atoms with Crippen LogP contribution in [0.15, 0.2) is 36.2 Å². The first-order valence-corrected chi connectivity index (χ1v) is 6.27. The largest absolute Gasteiger partial charge is 0.489 e. The Labute approximate surface area is 120 Å². The van der Waals surface area contributed by atoms with Gasteiger partial charge < -0.3 is 15.8 Å². The number of amides is 1. The second kappa shape index (κ2) is 7.05. The highest BCUT2D eigenvalue weighted by molar-refractivity contribution is 5.94. The summed E-state index contributed by atoms with van der Waals surface area (Å²) in [5.74, 6) is 0.179. The predicted molar refractivity (Wildman–Crippen MR) is 77.4 cm³/mol. The van der Waals surface area contributed by atoms with Crippen LogP contribution in [0.2, 0.25) is 0 Å². The standard InChI is InChI=1S/C15H21FN2O2/c1-15(2,3)18-14(19)12-4-6-13(7-5-12)20-10-11(8-16)9-17/h4-8H,9-10,17H2,1-3H3,(H,18,19)/b11-8+/i10D. The molecule has 1 aromatic carbocycles. The van der Waals surface area contributed by atoms with Crippen molar-refractivity contribution in [3.8, 4) is 5.75 Å². The number of carbonyl (C=O) groups is 1. The van der Waals surface area contributed by atoms with E-state index in [0.717, 1.165) is 0 Å². The molecule has 0 aliphatic carbocycles. The molecular weight excluding hydrogens is 259 g/mol. The van der Waals surface area contributed by atoms with Gasteiger partial charge in [-0.15, -0.1) is 0 Å². The van der Waals surface area contributed by atoms with Crippen molar-refractivity contribution in [1.29, 1.82) is 0 Å². The SMILES string of the molecule is [2H]C(Oc1ccc(C(=O)NC(C)(C)C)cc1)/C(=C/F)CN. The summed E-state index contributed by atoms with van der Waals surface area (Å²) >= 11 is 0. The number of ether oxygens (including phenoxy) is 1. The van der Waals surface area contributed by atoms with Gasteiger partial charge in [0.25, 0.3) is 5.91 Å². The lowest BCUT2D eigenvalue weighted by atomic mass is 10.1. The number of nitrogens with two attached hydrogens (primary N) is 1. The highest BCUT2D eigenvalue weighted by Crippen LogP contribution is 2.14. The fourth-order valence-corrected chi connectivity index (χ4v) is 1.36. The summed E-state index contributed by atoms with van der Waals surface area (Å²) in [7, 11) is 0. The number of carbonyl (C=O) groups excluding carboxylic acids is 1. The van der Waals surface area contributed by atoms with Crippen LogP contribution in [-0.2, 0) is 0 Å². The summed E-state index contributed by atoms with van der Waals surface area (Å²) in [4.78, 5) is 11.9. The minimum absolute atomic E-state index is 0.0459. The van der Waals surface area contributed by atoms with Crippen molar-refractivity contribution in [3.63, 3.8) is 0 Å². The van der Waals surface area contributed by atoms with Crippen LogP contribution in [-0.4, -0.2) is 24.6 Å². The number of hydrogen-bond donors (Lipinski definition) is 2. The lowest BCUT2D eigenvalue weighted by molar-refractivity contribution is 0.0919. The van der Waals surface area contributed by atoms with E-state index in [1.54, 1.807) is 24.3 Å². The van der Waals surface area contributed by atoms with Crippen molar-refractivity contribution in [1.82, 2.24) is 5.32 Å². The first-order valence-electron chi connectivity index (χ1n) is 6.85. The van der Waals surface area contributed by atoms with E-state index in [1.807, 2.05) is 20.8 Å². The Hall–Kier alpha value is -1.88. The summed E-state index contributed by atoms with van der Waals surface area (Å²) in [5.41, 5.74) is 5.51. The monoisotopic (exact) mass is 281 g/mol. The van der Waals surface area contributed by atoms with E-state index in [0.29, 0.717) is 11.3 Å². The molecule has 4 nitrogen and oxygen atoms in total. The van der Waals surface area contributed by atoms with Gasteiger partial charge in [0.05, 0.1) is 7.70 Å². The summed E-state index contributed by atoms with van der Waals surface area (Å²) in [5, 5.41) is 2.84. The Morgan fingerprint density at radius 3 is 2.50 bits per heavy atom. The molecule has 0 aliphatic rings. The number of rotatable bonds is 5. The normalized spacial score (nSPS) is 14.4. The van der Waals surface area contributed by atoms with Crippen molar-refractivity contribution in [2.24, 2.45) is 5.73 Å². The zero-order valence-corrected chi connectivity index (χ0v) is 11.9. The van der Waals surface area contributed by atoms with Crippen LogP contribution < -0.4 is 15.8 Å². The molecule has 1 amide bonds. The third-order valence-corrected chi connectivity index (χ3v) is 2.33. The van der Waals surface area contributed by atoms with Crippen LogP contribution in [0.25, 0.3) is 0 Å². The van der Waals surface area contributed by atoms with Crippen LogP contribution in [0.5, 0.6) is 5.75 Å². The lowest BCUT2D eigenvalue weighted by Crippen LogP contribution is -2.40. The smallest absolute Gasteiger partial charge is 0.251 e. The molecule has 0 heterocycles. The second-order valence-electron chi connectivity index (χ2n) is 5.35. The second-order valence-corrected chi connectivity index (χ2v) is 5.35. The fourth-order valence-electron chi connectivity index (χ4n) is 1.36. The first-order chi connectivity index (χ1) is 9.76. The van der Waals surface area contributed by atoms with E-state index in [-0.39, 0.29) is 29.9 Å². The molecule has 0 fully saturated rings. The number of halogens is 1. The Kier molecular flexibility index (Phi) is 5.12. The molecule has 1 rings (SSSR count). The van der Waals surface area contributed by atoms with Crippen molar-refractivity contribution in [2.45, 2.75) is 26.3 Å². The quantitative estimate of drug-likeness (QED) is 0.871. The molecule has 0 radical (unpaired) electrons. The topological polar surface area (TPSA) is 64.3 Å². The van der Waals surface area contributed by atoms with E-state index in [1.165, 1.54) is 0 Å². The third kappa shape index (κ3) is 5.40. The van der Waals surface area contributed by atoms with E-state index >= 15 is 0 Å². The van der Waals surface area contributed by atoms with Gasteiger partial charge in [-0.1, -0.05) is 0 Å². The number of hydrogen-bond acceptors (Lipinski definition) is 3. The average molecular weight is 281 g/mol.